The number of hydrogen-bond donors (Lipinski definition) is 1. The second-order valence-electron chi connectivity index (χ2n) is 5.69. The van der Waals surface area contributed by atoms with Crippen LogP contribution in [0.3, 0.4) is 0 Å². The van der Waals surface area contributed by atoms with Gasteiger partial charge in [-0.05, 0) is 29.5 Å². The molecule has 0 bridgehead atoms. The molecule has 0 amide bonds. The standard InChI is InChI=1S/C13H12N6O6S/c1-6-10(12(20)21)11(18-13(14-6)15-16-17-18)8-4-3-7(26(2,24)25)5-9(8)19(22)23/h3-5,10-11H,1-2H3,(H,20,21). The van der Waals surface area contributed by atoms with Crippen LogP contribution in [0.4, 0.5) is 11.6 Å². The summed E-state index contributed by atoms with van der Waals surface area (Å²) in [6.45, 7) is 1.46. The number of benzene rings is 1. The fraction of sp³-hybridized carbons (Fsp3) is 0.308. The van der Waals surface area contributed by atoms with Gasteiger partial charge in [-0.25, -0.2) is 18.1 Å². The van der Waals surface area contributed by atoms with Gasteiger partial charge in [0.2, 0.25) is 0 Å². The highest BCUT2D eigenvalue weighted by molar-refractivity contribution is 7.90. The summed E-state index contributed by atoms with van der Waals surface area (Å²) in [4.78, 5) is 26.3. The number of fused-ring (bicyclic) bond motifs is 1. The molecule has 3 rings (SSSR count). The van der Waals surface area contributed by atoms with Gasteiger partial charge in [-0.3, -0.25) is 14.9 Å². The smallest absolute Gasteiger partial charge is 0.314 e. The van der Waals surface area contributed by atoms with E-state index in [9.17, 15) is 28.4 Å². The normalized spacial score (nSPS) is 19.5. The maximum absolute atomic E-state index is 11.8. The third-order valence-corrected chi connectivity index (χ3v) is 5.10. The Bertz CT molecular complexity index is 1060. The first-order chi connectivity index (χ1) is 12.1. The minimum Gasteiger partial charge on any atom is -0.481 e. The van der Waals surface area contributed by atoms with E-state index in [-0.39, 0.29) is 22.1 Å². The number of carboxylic acid groups (broad SMARTS) is 1. The van der Waals surface area contributed by atoms with Crippen LogP contribution in [0.25, 0.3) is 0 Å². The molecule has 1 N–H and O–H groups in total. The number of carboxylic acids is 1. The Hall–Kier alpha value is -3.22. The highest BCUT2D eigenvalue weighted by atomic mass is 32.2. The van der Waals surface area contributed by atoms with E-state index in [1.54, 1.807) is 0 Å². The minimum atomic E-state index is -3.69. The summed E-state index contributed by atoms with van der Waals surface area (Å²) in [5.41, 5.74) is -0.399. The van der Waals surface area contributed by atoms with E-state index in [1.807, 2.05) is 0 Å². The predicted octanol–water partition coefficient (Wildman–Crippen LogP) is 0.381. The topological polar surface area (TPSA) is 171 Å². The second kappa shape index (κ2) is 5.94. The molecule has 0 saturated heterocycles. The summed E-state index contributed by atoms with van der Waals surface area (Å²) >= 11 is 0. The number of aliphatic carboxylic acids is 1. The third kappa shape index (κ3) is 2.81. The molecule has 2 heterocycles. The van der Waals surface area contributed by atoms with E-state index in [1.165, 1.54) is 19.1 Å². The number of sulfone groups is 1. The number of tetrazole rings is 1. The van der Waals surface area contributed by atoms with Crippen LogP contribution < -0.4 is 0 Å². The van der Waals surface area contributed by atoms with Crippen molar-refractivity contribution in [2.75, 3.05) is 6.26 Å². The van der Waals surface area contributed by atoms with Crippen molar-refractivity contribution in [3.05, 3.63) is 33.9 Å². The molecule has 0 saturated carbocycles. The second-order valence-corrected chi connectivity index (χ2v) is 7.70. The molecule has 12 nitrogen and oxygen atoms in total. The molecule has 1 aliphatic heterocycles. The third-order valence-electron chi connectivity index (χ3n) is 3.99. The molecule has 0 spiro atoms. The maximum Gasteiger partial charge on any atom is 0.314 e. The SMILES string of the molecule is CC1=Nc2nnnn2C(c2ccc(S(C)(=O)=O)cc2[N+](=O)[O-])C1C(=O)O. The first-order valence-electron chi connectivity index (χ1n) is 7.15. The van der Waals surface area contributed by atoms with Crippen LogP contribution in [0.5, 0.6) is 0 Å². The van der Waals surface area contributed by atoms with Crippen molar-refractivity contribution in [1.82, 2.24) is 20.2 Å². The lowest BCUT2D eigenvalue weighted by molar-refractivity contribution is -0.386. The van der Waals surface area contributed by atoms with Gasteiger partial charge >= 0.3 is 5.97 Å². The van der Waals surface area contributed by atoms with E-state index in [4.69, 9.17) is 0 Å². The highest BCUT2D eigenvalue weighted by Gasteiger charge is 2.42. The average Bonchev–Trinajstić information content (AvgIpc) is 2.99. The van der Waals surface area contributed by atoms with E-state index < -0.39 is 38.4 Å². The molecule has 26 heavy (non-hydrogen) atoms. The Morgan fingerprint density at radius 1 is 1.38 bits per heavy atom. The summed E-state index contributed by atoms with van der Waals surface area (Å²) < 4.78 is 24.5. The van der Waals surface area contributed by atoms with Gasteiger partial charge in [-0.15, -0.1) is 0 Å². The Morgan fingerprint density at radius 2 is 2.08 bits per heavy atom. The molecule has 2 aromatic rings. The van der Waals surface area contributed by atoms with Crippen molar-refractivity contribution in [3.63, 3.8) is 0 Å². The number of aromatic nitrogens is 4. The predicted molar refractivity (Wildman–Crippen MR) is 86.1 cm³/mol. The molecule has 136 valence electrons. The van der Waals surface area contributed by atoms with Crippen LogP contribution in [0.15, 0.2) is 28.1 Å². The van der Waals surface area contributed by atoms with Crippen LogP contribution in [-0.2, 0) is 14.6 Å². The number of nitro benzene ring substituents is 1. The Kier molecular flexibility index (Phi) is 4.02. The number of carbonyl (C=O) groups is 1. The molecule has 0 aliphatic carbocycles. The van der Waals surface area contributed by atoms with Gasteiger partial charge in [0.25, 0.3) is 11.6 Å². The van der Waals surface area contributed by atoms with E-state index in [2.05, 4.69) is 20.5 Å². The van der Waals surface area contributed by atoms with Crippen LogP contribution in [-0.4, -0.2) is 56.6 Å². The molecule has 1 aliphatic rings. The number of aliphatic imine (C=N–C) groups is 1. The minimum absolute atomic E-state index is 0.00601. The van der Waals surface area contributed by atoms with Crippen molar-refractivity contribution in [2.24, 2.45) is 10.9 Å². The molecule has 2 atom stereocenters. The number of nitro groups is 1. The van der Waals surface area contributed by atoms with E-state index >= 15 is 0 Å². The summed E-state index contributed by atoms with van der Waals surface area (Å²) in [6, 6.07) is 2.14. The van der Waals surface area contributed by atoms with Crippen LogP contribution in [0, 0.1) is 16.0 Å². The van der Waals surface area contributed by atoms with E-state index in [0.717, 1.165) is 17.0 Å². The zero-order chi connectivity index (χ0) is 19.2. The first-order valence-corrected chi connectivity index (χ1v) is 9.04. The Labute approximate surface area is 146 Å². The lowest BCUT2D eigenvalue weighted by Gasteiger charge is -2.27. The fourth-order valence-electron chi connectivity index (χ4n) is 2.83. The number of nitrogens with zero attached hydrogens (tertiary/aromatic N) is 6. The summed E-state index contributed by atoms with van der Waals surface area (Å²) in [5, 5.41) is 31.9. The molecular formula is C13H12N6O6S. The summed E-state index contributed by atoms with van der Waals surface area (Å²) in [7, 11) is -3.69. The van der Waals surface area contributed by atoms with Crippen molar-refractivity contribution in [3.8, 4) is 0 Å². The molecule has 2 unspecified atom stereocenters. The highest BCUT2D eigenvalue weighted by Crippen LogP contribution is 2.39. The molecule has 1 aromatic carbocycles. The van der Waals surface area contributed by atoms with Crippen molar-refractivity contribution < 1.29 is 23.2 Å². The number of hydrogen-bond acceptors (Lipinski definition) is 9. The maximum atomic E-state index is 11.8. The van der Waals surface area contributed by atoms with Crippen LogP contribution in [0.2, 0.25) is 0 Å². The quantitative estimate of drug-likeness (QED) is 0.581. The molecule has 0 fully saturated rings. The van der Waals surface area contributed by atoms with Gasteiger partial charge in [0.05, 0.1) is 15.4 Å². The largest absolute Gasteiger partial charge is 0.481 e. The average molecular weight is 380 g/mol. The zero-order valence-electron chi connectivity index (χ0n) is 13.5. The molecular weight excluding hydrogens is 368 g/mol. The van der Waals surface area contributed by atoms with Crippen LogP contribution >= 0.6 is 0 Å². The Morgan fingerprint density at radius 3 is 2.65 bits per heavy atom. The van der Waals surface area contributed by atoms with E-state index in [0.29, 0.717) is 0 Å². The number of rotatable bonds is 4. The van der Waals surface area contributed by atoms with Crippen LogP contribution in [0.1, 0.15) is 18.5 Å². The Balaban J connectivity index is 2.28. The monoisotopic (exact) mass is 380 g/mol. The lowest BCUT2D eigenvalue weighted by Crippen LogP contribution is -2.36. The van der Waals surface area contributed by atoms with Crippen molar-refractivity contribution in [2.45, 2.75) is 17.9 Å². The molecule has 0 radical (unpaired) electrons. The van der Waals surface area contributed by atoms with Gasteiger partial charge < -0.3 is 5.11 Å². The van der Waals surface area contributed by atoms with Gasteiger partial charge in [0, 0.05) is 18.0 Å². The lowest BCUT2D eigenvalue weighted by atomic mass is 9.87. The van der Waals surface area contributed by atoms with Gasteiger partial charge in [0.1, 0.15) is 12.0 Å². The van der Waals surface area contributed by atoms with Gasteiger partial charge in [-0.1, -0.05) is 5.10 Å². The summed E-state index contributed by atoms with van der Waals surface area (Å²) in [5.74, 6) is -2.51. The first kappa shape index (κ1) is 17.6. The molecule has 1 aromatic heterocycles. The fourth-order valence-corrected chi connectivity index (χ4v) is 3.47. The van der Waals surface area contributed by atoms with Gasteiger partial charge in [0.15, 0.2) is 9.84 Å². The van der Waals surface area contributed by atoms with Crippen molar-refractivity contribution in [1.29, 1.82) is 0 Å². The van der Waals surface area contributed by atoms with Crippen molar-refractivity contribution >= 4 is 33.2 Å². The summed E-state index contributed by atoms with van der Waals surface area (Å²) in [6.07, 6.45) is 0.919. The molecule has 13 heteroatoms. The zero-order valence-corrected chi connectivity index (χ0v) is 14.3. The van der Waals surface area contributed by atoms with Gasteiger partial charge in [-0.2, -0.15) is 0 Å².